The molecule has 1 aromatic carbocycles. The second-order valence-corrected chi connectivity index (χ2v) is 10.5. The molecule has 1 atom stereocenters. The normalized spacial score (nSPS) is 18.2. The van der Waals surface area contributed by atoms with E-state index in [2.05, 4.69) is 20.4 Å². The summed E-state index contributed by atoms with van der Waals surface area (Å²) in [5, 5.41) is 7.82. The van der Waals surface area contributed by atoms with Crippen molar-refractivity contribution >= 4 is 28.2 Å². The molecule has 0 radical (unpaired) electrons. The average molecular weight is 495 g/mol. The molecular formula is C26H30N4O4S. The second-order valence-electron chi connectivity index (χ2n) is 9.35. The van der Waals surface area contributed by atoms with E-state index in [9.17, 15) is 9.59 Å². The van der Waals surface area contributed by atoms with Gasteiger partial charge in [-0.3, -0.25) is 9.69 Å². The van der Waals surface area contributed by atoms with Crippen LogP contribution in [0.1, 0.15) is 57.9 Å². The summed E-state index contributed by atoms with van der Waals surface area (Å²) in [5.41, 5.74) is 3.69. The molecule has 3 heterocycles. The first-order chi connectivity index (χ1) is 17.0. The Labute approximate surface area is 208 Å². The number of hydrogen-bond donors (Lipinski definition) is 1. The number of carbonyl (C=O) groups is 2. The maximum Gasteiger partial charge on any atom is 0.341 e. The number of likely N-dealkylation sites (tertiary alicyclic amines) is 1. The van der Waals surface area contributed by atoms with Crippen LogP contribution >= 0.6 is 11.3 Å². The topological polar surface area (TPSA) is 97.6 Å². The smallest absolute Gasteiger partial charge is 0.341 e. The number of piperidine rings is 1. The molecule has 1 saturated heterocycles. The molecular weight excluding hydrogens is 464 g/mol. The largest absolute Gasteiger partial charge is 0.465 e. The van der Waals surface area contributed by atoms with Crippen LogP contribution in [-0.4, -0.2) is 47.1 Å². The highest BCUT2D eigenvalue weighted by molar-refractivity contribution is 7.17. The minimum atomic E-state index is -0.370. The minimum absolute atomic E-state index is 0.0516. The van der Waals surface area contributed by atoms with Crippen molar-refractivity contribution in [3.8, 4) is 11.4 Å². The maximum atomic E-state index is 13.2. The number of nitrogens with zero attached hydrogens (tertiary/aromatic N) is 3. The highest BCUT2D eigenvalue weighted by Gasteiger charge is 2.31. The molecule has 5 rings (SSSR count). The van der Waals surface area contributed by atoms with Crippen molar-refractivity contribution in [3.05, 3.63) is 51.7 Å². The Morgan fingerprint density at radius 3 is 2.80 bits per heavy atom. The number of thiophene rings is 1. The number of fused-ring (bicyclic) bond motifs is 1. The van der Waals surface area contributed by atoms with E-state index >= 15 is 0 Å². The molecule has 2 aliphatic rings. The van der Waals surface area contributed by atoms with Crippen LogP contribution in [0.15, 0.2) is 28.8 Å². The number of carbonyl (C=O) groups excluding carboxylic acids is 2. The van der Waals surface area contributed by atoms with Gasteiger partial charge in [0.05, 0.1) is 25.1 Å². The lowest BCUT2D eigenvalue weighted by molar-refractivity contribution is -0.121. The van der Waals surface area contributed by atoms with Crippen LogP contribution in [0.25, 0.3) is 11.4 Å². The summed E-state index contributed by atoms with van der Waals surface area (Å²) in [4.78, 5) is 33.7. The molecule has 0 spiro atoms. The SMILES string of the molecule is COC(=O)c1c(NC(=O)C2CCCN(Cc3nc(-c4ccc(C)cc4)no3)C2)sc2c1CCCC2. The summed E-state index contributed by atoms with van der Waals surface area (Å²) < 4.78 is 10.5. The highest BCUT2D eigenvalue weighted by atomic mass is 32.1. The lowest BCUT2D eigenvalue weighted by Gasteiger charge is -2.30. The molecule has 1 amide bonds. The molecule has 35 heavy (non-hydrogen) atoms. The number of aryl methyl sites for hydroxylation is 2. The lowest BCUT2D eigenvalue weighted by atomic mass is 9.95. The van der Waals surface area contributed by atoms with Crippen molar-refractivity contribution in [2.45, 2.75) is 52.0 Å². The third-order valence-electron chi connectivity index (χ3n) is 6.81. The van der Waals surface area contributed by atoms with Gasteiger partial charge in [0.1, 0.15) is 5.00 Å². The number of rotatable bonds is 6. The predicted molar refractivity (Wildman–Crippen MR) is 133 cm³/mol. The van der Waals surface area contributed by atoms with E-state index in [-0.39, 0.29) is 17.8 Å². The monoisotopic (exact) mass is 494 g/mol. The van der Waals surface area contributed by atoms with Crippen LogP contribution in [-0.2, 0) is 28.9 Å². The van der Waals surface area contributed by atoms with Crippen LogP contribution in [0.4, 0.5) is 5.00 Å². The van der Waals surface area contributed by atoms with E-state index in [1.165, 1.54) is 28.9 Å². The first-order valence-electron chi connectivity index (χ1n) is 12.2. The summed E-state index contributed by atoms with van der Waals surface area (Å²) in [5.74, 6) is 0.520. The lowest BCUT2D eigenvalue weighted by Crippen LogP contribution is -2.40. The predicted octanol–water partition coefficient (Wildman–Crippen LogP) is 4.62. The van der Waals surface area contributed by atoms with Crippen molar-refractivity contribution in [2.24, 2.45) is 5.92 Å². The number of benzene rings is 1. The number of amides is 1. The van der Waals surface area contributed by atoms with Gasteiger partial charge in [-0.15, -0.1) is 11.3 Å². The Bertz CT molecular complexity index is 1220. The fraction of sp³-hybridized carbons (Fsp3) is 0.462. The number of anilines is 1. The van der Waals surface area contributed by atoms with Crippen LogP contribution < -0.4 is 5.32 Å². The average Bonchev–Trinajstić information content (AvgIpc) is 3.48. The van der Waals surface area contributed by atoms with Crippen LogP contribution in [0.2, 0.25) is 0 Å². The first-order valence-corrected chi connectivity index (χ1v) is 13.0. The van der Waals surface area contributed by atoms with Gasteiger partial charge in [-0.05, 0) is 57.6 Å². The van der Waals surface area contributed by atoms with Crippen molar-refractivity contribution < 1.29 is 18.8 Å². The number of nitrogens with one attached hydrogen (secondary N) is 1. The van der Waals surface area contributed by atoms with Gasteiger partial charge in [-0.2, -0.15) is 4.98 Å². The Hall–Kier alpha value is -3.04. The maximum absolute atomic E-state index is 13.2. The fourth-order valence-electron chi connectivity index (χ4n) is 4.93. The van der Waals surface area contributed by atoms with Crippen molar-refractivity contribution in [1.29, 1.82) is 0 Å². The number of methoxy groups -OCH3 is 1. The van der Waals surface area contributed by atoms with E-state index in [1.807, 2.05) is 31.2 Å². The molecule has 1 N–H and O–H groups in total. The van der Waals surface area contributed by atoms with E-state index in [1.54, 1.807) is 0 Å². The fourth-order valence-corrected chi connectivity index (χ4v) is 6.21. The van der Waals surface area contributed by atoms with E-state index in [4.69, 9.17) is 9.26 Å². The van der Waals surface area contributed by atoms with Gasteiger partial charge in [-0.1, -0.05) is 35.0 Å². The van der Waals surface area contributed by atoms with Crippen molar-refractivity contribution in [3.63, 3.8) is 0 Å². The molecule has 0 saturated carbocycles. The third-order valence-corrected chi connectivity index (χ3v) is 8.02. The van der Waals surface area contributed by atoms with Gasteiger partial charge in [0.15, 0.2) is 0 Å². The Balaban J connectivity index is 1.24. The molecule has 1 aliphatic carbocycles. The quantitative estimate of drug-likeness (QED) is 0.499. The van der Waals surface area contributed by atoms with Crippen LogP contribution in [0.5, 0.6) is 0 Å². The van der Waals surface area contributed by atoms with E-state index in [0.717, 1.165) is 56.2 Å². The second kappa shape index (κ2) is 10.3. The van der Waals surface area contributed by atoms with Gasteiger partial charge in [-0.25, -0.2) is 4.79 Å². The van der Waals surface area contributed by atoms with Gasteiger partial charge >= 0.3 is 5.97 Å². The molecule has 8 nitrogen and oxygen atoms in total. The number of aromatic nitrogens is 2. The Morgan fingerprint density at radius 1 is 1.20 bits per heavy atom. The summed E-state index contributed by atoms with van der Waals surface area (Å²) in [7, 11) is 1.39. The molecule has 3 aromatic rings. The minimum Gasteiger partial charge on any atom is -0.465 e. The van der Waals surface area contributed by atoms with Gasteiger partial charge in [0.25, 0.3) is 0 Å². The van der Waals surface area contributed by atoms with Crippen molar-refractivity contribution in [2.75, 3.05) is 25.5 Å². The highest BCUT2D eigenvalue weighted by Crippen LogP contribution is 2.39. The summed E-state index contributed by atoms with van der Waals surface area (Å²) in [6.45, 7) is 4.01. The molecule has 1 aliphatic heterocycles. The molecule has 2 aromatic heterocycles. The molecule has 1 unspecified atom stereocenters. The number of hydrogen-bond acceptors (Lipinski definition) is 8. The molecule has 184 valence electrons. The first kappa shape index (κ1) is 23.7. The molecule has 9 heteroatoms. The number of esters is 1. The molecule has 1 fully saturated rings. The summed E-state index contributed by atoms with van der Waals surface area (Å²) in [6.07, 6.45) is 5.69. The van der Waals surface area contributed by atoms with E-state index < -0.39 is 0 Å². The van der Waals surface area contributed by atoms with Gasteiger partial charge < -0.3 is 14.6 Å². The Kier molecular flexibility index (Phi) is 6.97. The van der Waals surface area contributed by atoms with Gasteiger partial charge in [0, 0.05) is 17.0 Å². The zero-order valence-electron chi connectivity index (χ0n) is 20.1. The standard InChI is InChI=1S/C26H30N4O4S/c1-16-9-11-17(12-10-16)23-27-21(34-29-23)15-30-13-5-6-18(14-30)24(31)28-25-22(26(32)33-2)19-7-3-4-8-20(19)35-25/h9-12,18H,3-8,13-15H2,1-2H3,(H,28,31). The zero-order valence-corrected chi connectivity index (χ0v) is 21.0. The van der Waals surface area contributed by atoms with E-state index in [0.29, 0.717) is 35.4 Å². The summed E-state index contributed by atoms with van der Waals surface area (Å²) >= 11 is 1.52. The summed E-state index contributed by atoms with van der Waals surface area (Å²) in [6, 6.07) is 8.01. The Morgan fingerprint density at radius 2 is 2.00 bits per heavy atom. The zero-order chi connectivity index (χ0) is 24.4. The molecule has 0 bridgehead atoms. The van der Waals surface area contributed by atoms with Crippen LogP contribution in [0.3, 0.4) is 0 Å². The number of ether oxygens (including phenoxy) is 1. The van der Waals surface area contributed by atoms with Crippen molar-refractivity contribution in [1.82, 2.24) is 15.0 Å². The van der Waals surface area contributed by atoms with Crippen LogP contribution in [0, 0.1) is 12.8 Å². The van der Waals surface area contributed by atoms with Gasteiger partial charge in [0.2, 0.25) is 17.6 Å². The third kappa shape index (κ3) is 5.16.